The van der Waals surface area contributed by atoms with E-state index in [0.29, 0.717) is 17.8 Å². The van der Waals surface area contributed by atoms with Crippen molar-refractivity contribution in [3.05, 3.63) is 53.6 Å². The van der Waals surface area contributed by atoms with Gasteiger partial charge >= 0.3 is 0 Å². The van der Waals surface area contributed by atoms with E-state index in [1.54, 1.807) is 30.5 Å². The molecule has 0 bridgehead atoms. The van der Waals surface area contributed by atoms with Crippen LogP contribution in [0.4, 0.5) is 5.69 Å². The molecule has 0 fully saturated rings. The lowest BCUT2D eigenvalue weighted by Crippen LogP contribution is -2.24. The Morgan fingerprint density at radius 3 is 2.89 bits per heavy atom. The van der Waals surface area contributed by atoms with Gasteiger partial charge in [-0.05, 0) is 36.8 Å². The number of carbonyl (C=O) groups excluding carboxylic acids is 1. The van der Waals surface area contributed by atoms with Gasteiger partial charge in [0.15, 0.2) is 0 Å². The molecule has 2 rings (SSSR count). The molecule has 3 N–H and O–H groups in total. The minimum absolute atomic E-state index is 0.133. The van der Waals surface area contributed by atoms with Crippen molar-refractivity contribution >= 4 is 11.6 Å². The van der Waals surface area contributed by atoms with Crippen LogP contribution in [0.1, 0.15) is 21.6 Å². The van der Waals surface area contributed by atoms with E-state index in [4.69, 9.17) is 5.73 Å². The standard InChI is InChI=1S/C13H14N4O/c1-9-6-10(14)2-3-12(9)13(18)16-7-11-4-5-15-8-17-11/h2-6,8H,7,14H2,1H3,(H,16,18). The average Bonchev–Trinajstić information content (AvgIpc) is 2.37. The zero-order chi connectivity index (χ0) is 13.0. The first-order chi connectivity index (χ1) is 8.66. The Balaban J connectivity index is 2.04. The maximum absolute atomic E-state index is 12.0. The highest BCUT2D eigenvalue weighted by Crippen LogP contribution is 2.12. The summed E-state index contributed by atoms with van der Waals surface area (Å²) < 4.78 is 0. The van der Waals surface area contributed by atoms with Crippen molar-refractivity contribution in [1.82, 2.24) is 15.3 Å². The largest absolute Gasteiger partial charge is 0.399 e. The Morgan fingerprint density at radius 2 is 2.22 bits per heavy atom. The minimum Gasteiger partial charge on any atom is -0.399 e. The summed E-state index contributed by atoms with van der Waals surface area (Å²) in [7, 11) is 0. The molecule has 1 heterocycles. The van der Waals surface area contributed by atoms with Gasteiger partial charge < -0.3 is 11.1 Å². The van der Waals surface area contributed by atoms with Crippen LogP contribution in [0.15, 0.2) is 36.8 Å². The van der Waals surface area contributed by atoms with Gasteiger partial charge in [0.05, 0.1) is 12.2 Å². The molecule has 0 aliphatic rings. The highest BCUT2D eigenvalue weighted by atomic mass is 16.1. The molecular formula is C13H14N4O. The summed E-state index contributed by atoms with van der Waals surface area (Å²) in [6.45, 7) is 2.24. The molecule has 1 aromatic carbocycles. The molecule has 18 heavy (non-hydrogen) atoms. The Labute approximate surface area is 105 Å². The predicted molar refractivity (Wildman–Crippen MR) is 68.8 cm³/mol. The first kappa shape index (κ1) is 12.0. The minimum atomic E-state index is -0.133. The fraction of sp³-hybridized carbons (Fsp3) is 0.154. The number of hydrogen-bond acceptors (Lipinski definition) is 4. The summed E-state index contributed by atoms with van der Waals surface area (Å²) >= 11 is 0. The number of nitrogen functional groups attached to an aromatic ring is 1. The fourth-order valence-corrected chi connectivity index (χ4v) is 1.63. The van der Waals surface area contributed by atoms with Gasteiger partial charge in [-0.1, -0.05) is 0 Å². The van der Waals surface area contributed by atoms with E-state index in [1.807, 2.05) is 6.92 Å². The van der Waals surface area contributed by atoms with Crippen LogP contribution in [-0.4, -0.2) is 15.9 Å². The molecule has 0 saturated heterocycles. The lowest BCUT2D eigenvalue weighted by atomic mass is 10.1. The number of anilines is 1. The van der Waals surface area contributed by atoms with E-state index in [-0.39, 0.29) is 5.91 Å². The van der Waals surface area contributed by atoms with Crippen molar-refractivity contribution in [3.8, 4) is 0 Å². The van der Waals surface area contributed by atoms with Crippen LogP contribution in [-0.2, 0) is 6.54 Å². The molecule has 0 spiro atoms. The van der Waals surface area contributed by atoms with Gasteiger partial charge in [-0.25, -0.2) is 9.97 Å². The molecule has 1 aromatic heterocycles. The first-order valence-electron chi connectivity index (χ1n) is 5.56. The molecule has 2 aromatic rings. The summed E-state index contributed by atoms with van der Waals surface area (Å²) in [4.78, 5) is 19.8. The number of nitrogens with two attached hydrogens (primary N) is 1. The molecule has 0 saturated carbocycles. The second-order valence-electron chi connectivity index (χ2n) is 3.96. The van der Waals surface area contributed by atoms with E-state index >= 15 is 0 Å². The van der Waals surface area contributed by atoms with E-state index < -0.39 is 0 Å². The van der Waals surface area contributed by atoms with Gasteiger partial charge in [-0.3, -0.25) is 4.79 Å². The monoisotopic (exact) mass is 242 g/mol. The van der Waals surface area contributed by atoms with Crippen molar-refractivity contribution in [2.45, 2.75) is 13.5 Å². The van der Waals surface area contributed by atoms with Crippen LogP contribution in [0.2, 0.25) is 0 Å². The number of nitrogens with one attached hydrogen (secondary N) is 1. The van der Waals surface area contributed by atoms with Crippen LogP contribution >= 0.6 is 0 Å². The highest BCUT2D eigenvalue weighted by Gasteiger charge is 2.08. The van der Waals surface area contributed by atoms with Crippen LogP contribution in [0, 0.1) is 6.92 Å². The summed E-state index contributed by atoms with van der Waals surface area (Å²) in [5, 5.41) is 2.81. The normalized spacial score (nSPS) is 10.1. The smallest absolute Gasteiger partial charge is 0.251 e. The van der Waals surface area contributed by atoms with Gasteiger partial charge in [0.1, 0.15) is 6.33 Å². The molecule has 0 radical (unpaired) electrons. The van der Waals surface area contributed by atoms with Crippen molar-refractivity contribution in [3.63, 3.8) is 0 Å². The van der Waals surface area contributed by atoms with E-state index in [2.05, 4.69) is 15.3 Å². The second-order valence-corrected chi connectivity index (χ2v) is 3.96. The zero-order valence-corrected chi connectivity index (χ0v) is 10.1. The van der Waals surface area contributed by atoms with Crippen LogP contribution in [0.3, 0.4) is 0 Å². The number of carbonyl (C=O) groups is 1. The van der Waals surface area contributed by atoms with Gasteiger partial charge in [-0.15, -0.1) is 0 Å². The van der Waals surface area contributed by atoms with Crippen LogP contribution in [0.25, 0.3) is 0 Å². The molecular weight excluding hydrogens is 228 g/mol. The Kier molecular flexibility index (Phi) is 3.52. The van der Waals surface area contributed by atoms with Crippen molar-refractivity contribution in [2.75, 3.05) is 5.73 Å². The Hall–Kier alpha value is -2.43. The number of rotatable bonds is 3. The molecule has 92 valence electrons. The molecule has 5 nitrogen and oxygen atoms in total. The molecule has 0 aliphatic heterocycles. The van der Waals surface area contributed by atoms with Crippen LogP contribution in [0.5, 0.6) is 0 Å². The van der Waals surface area contributed by atoms with Gasteiger partial charge in [0, 0.05) is 17.4 Å². The zero-order valence-electron chi connectivity index (χ0n) is 10.1. The average molecular weight is 242 g/mol. The molecule has 0 aliphatic carbocycles. The van der Waals surface area contributed by atoms with Gasteiger partial charge in [0.2, 0.25) is 0 Å². The van der Waals surface area contributed by atoms with Gasteiger partial charge in [-0.2, -0.15) is 0 Å². The maximum Gasteiger partial charge on any atom is 0.251 e. The number of nitrogens with zero attached hydrogens (tertiary/aromatic N) is 2. The Morgan fingerprint density at radius 1 is 1.39 bits per heavy atom. The Bertz CT molecular complexity index is 554. The lowest BCUT2D eigenvalue weighted by molar-refractivity contribution is 0.0950. The summed E-state index contributed by atoms with van der Waals surface area (Å²) in [6.07, 6.45) is 3.10. The van der Waals surface area contributed by atoms with Crippen molar-refractivity contribution < 1.29 is 4.79 Å². The summed E-state index contributed by atoms with van der Waals surface area (Å²) in [5.74, 6) is -0.133. The maximum atomic E-state index is 12.0. The summed E-state index contributed by atoms with van der Waals surface area (Å²) in [6, 6.07) is 6.97. The quantitative estimate of drug-likeness (QED) is 0.795. The number of amides is 1. The number of hydrogen-bond donors (Lipinski definition) is 2. The van der Waals surface area contributed by atoms with Crippen molar-refractivity contribution in [2.24, 2.45) is 0 Å². The van der Waals surface area contributed by atoms with E-state index in [9.17, 15) is 4.79 Å². The van der Waals surface area contributed by atoms with Crippen LogP contribution < -0.4 is 11.1 Å². The first-order valence-corrected chi connectivity index (χ1v) is 5.56. The predicted octanol–water partition coefficient (Wildman–Crippen LogP) is 1.30. The van der Waals surface area contributed by atoms with E-state index in [1.165, 1.54) is 6.33 Å². The third-order valence-corrected chi connectivity index (χ3v) is 2.57. The number of aryl methyl sites for hydroxylation is 1. The van der Waals surface area contributed by atoms with E-state index in [0.717, 1.165) is 11.3 Å². The number of aromatic nitrogens is 2. The fourth-order valence-electron chi connectivity index (χ4n) is 1.63. The molecule has 1 amide bonds. The highest BCUT2D eigenvalue weighted by molar-refractivity contribution is 5.95. The third-order valence-electron chi connectivity index (χ3n) is 2.57. The molecule has 5 heteroatoms. The van der Waals surface area contributed by atoms with Crippen molar-refractivity contribution in [1.29, 1.82) is 0 Å². The number of benzene rings is 1. The topological polar surface area (TPSA) is 80.9 Å². The second kappa shape index (κ2) is 5.27. The molecule has 0 atom stereocenters. The van der Waals surface area contributed by atoms with Gasteiger partial charge in [0.25, 0.3) is 5.91 Å². The lowest BCUT2D eigenvalue weighted by Gasteiger charge is -2.07. The third kappa shape index (κ3) is 2.82. The summed E-state index contributed by atoms with van der Waals surface area (Å²) in [5.41, 5.74) is 8.55. The SMILES string of the molecule is Cc1cc(N)ccc1C(=O)NCc1ccncn1. The molecule has 0 unspecified atom stereocenters.